The van der Waals surface area contributed by atoms with Gasteiger partial charge >= 0.3 is 0 Å². The van der Waals surface area contributed by atoms with Gasteiger partial charge in [0.15, 0.2) is 11.6 Å². The van der Waals surface area contributed by atoms with Crippen molar-refractivity contribution in [2.45, 2.75) is 23.8 Å². The Morgan fingerprint density at radius 1 is 1.47 bits per heavy atom. The molecule has 0 atom stereocenters. The van der Waals surface area contributed by atoms with Gasteiger partial charge in [-0.05, 0) is 31.0 Å². The third-order valence-corrected chi connectivity index (χ3v) is 4.95. The molecule has 1 N–H and O–H groups in total. The zero-order valence-corrected chi connectivity index (χ0v) is 11.4. The maximum atomic E-state index is 13.6. The van der Waals surface area contributed by atoms with E-state index in [4.69, 9.17) is 9.84 Å². The molecule has 0 aromatic heterocycles. The van der Waals surface area contributed by atoms with E-state index >= 15 is 0 Å². The first-order valence-electron chi connectivity index (χ1n) is 5.97. The number of aliphatic hydroxyl groups is 1. The van der Waals surface area contributed by atoms with Crippen molar-refractivity contribution < 1.29 is 22.7 Å². The smallest absolute Gasteiger partial charge is 0.243 e. The van der Waals surface area contributed by atoms with Crippen LogP contribution in [0.1, 0.15) is 12.8 Å². The first-order chi connectivity index (χ1) is 9.00. The zero-order valence-electron chi connectivity index (χ0n) is 10.5. The van der Waals surface area contributed by atoms with Gasteiger partial charge in [-0.15, -0.1) is 0 Å². The van der Waals surface area contributed by atoms with Crippen LogP contribution >= 0.6 is 0 Å². The molecule has 0 bridgehead atoms. The lowest BCUT2D eigenvalue weighted by Gasteiger charge is -2.21. The molecule has 0 spiro atoms. The molecule has 19 heavy (non-hydrogen) atoms. The lowest BCUT2D eigenvalue weighted by atomic mass is 10.3. The van der Waals surface area contributed by atoms with Crippen molar-refractivity contribution in [2.24, 2.45) is 0 Å². The van der Waals surface area contributed by atoms with Gasteiger partial charge in [0.1, 0.15) is 0 Å². The van der Waals surface area contributed by atoms with Crippen molar-refractivity contribution in [2.75, 3.05) is 20.3 Å². The van der Waals surface area contributed by atoms with Gasteiger partial charge in [0.05, 0.1) is 18.6 Å². The van der Waals surface area contributed by atoms with Crippen LogP contribution in [0.4, 0.5) is 4.39 Å². The third-order valence-electron chi connectivity index (χ3n) is 3.00. The minimum atomic E-state index is -3.77. The van der Waals surface area contributed by atoms with E-state index in [9.17, 15) is 12.8 Å². The van der Waals surface area contributed by atoms with Crippen LogP contribution in [0.15, 0.2) is 23.1 Å². The van der Waals surface area contributed by atoms with Crippen molar-refractivity contribution in [3.8, 4) is 5.75 Å². The molecule has 0 aliphatic heterocycles. The van der Waals surface area contributed by atoms with Gasteiger partial charge in [0, 0.05) is 12.6 Å². The summed E-state index contributed by atoms with van der Waals surface area (Å²) in [6, 6.07) is 3.46. The first-order valence-corrected chi connectivity index (χ1v) is 7.41. The third kappa shape index (κ3) is 2.88. The highest BCUT2D eigenvalue weighted by molar-refractivity contribution is 7.89. The fraction of sp³-hybridized carbons (Fsp3) is 0.500. The Morgan fingerprint density at radius 3 is 2.63 bits per heavy atom. The number of rotatable bonds is 6. The minimum Gasteiger partial charge on any atom is -0.494 e. The maximum Gasteiger partial charge on any atom is 0.243 e. The SMILES string of the molecule is COc1ccc(S(=O)(=O)N(CCO)C2CC2)cc1F. The molecule has 2 rings (SSSR count). The highest BCUT2D eigenvalue weighted by Crippen LogP contribution is 2.32. The van der Waals surface area contributed by atoms with Gasteiger partial charge in [-0.2, -0.15) is 4.31 Å². The van der Waals surface area contributed by atoms with Gasteiger partial charge in [-0.1, -0.05) is 0 Å². The molecule has 1 aromatic rings. The average Bonchev–Trinajstić information content (AvgIpc) is 3.19. The molecular formula is C12H16FNO4S. The summed E-state index contributed by atoms with van der Waals surface area (Å²) in [5.74, 6) is -0.720. The summed E-state index contributed by atoms with van der Waals surface area (Å²) >= 11 is 0. The molecule has 1 aliphatic rings. The Balaban J connectivity index is 2.34. The predicted octanol–water partition coefficient (Wildman–Crippen LogP) is 0.980. The number of hydrogen-bond donors (Lipinski definition) is 1. The lowest BCUT2D eigenvalue weighted by molar-refractivity contribution is 0.250. The van der Waals surface area contributed by atoms with Crippen molar-refractivity contribution in [1.82, 2.24) is 4.31 Å². The Bertz CT molecular complexity index is 557. The summed E-state index contributed by atoms with van der Waals surface area (Å²) < 4.78 is 44.3. The highest BCUT2D eigenvalue weighted by Gasteiger charge is 2.37. The number of aliphatic hydroxyl groups excluding tert-OH is 1. The second-order valence-electron chi connectivity index (χ2n) is 4.37. The van der Waals surface area contributed by atoms with Gasteiger partial charge < -0.3 is 9.84 Å². The van der Waals surface area contributed by atoms with E-state index in [1.54, 1.807) is 0 Å². The Labute approximate surface area is 111 Å². The van der Waals surface area contributed by atoms with E-state index in [2.05, 4.69) is 0 Å². The van der Waals surface area contributed by atoms with Crippen LogP contribution in [-0.2, 0) is 10.0 Å². The summed E-state index contributed by atoms with van der Waals surface area (Å²) in [7, 11) is -2.46. The first kappa shape index (κ1) is 14.2. The number of benzene rings is 1. The van der Waals surface area contributed by atoms with E-state index < -0.39 is 15.8 Å². The molecule has 0 unspecified atom stereocenters. The molecule has 5 nitrogen and oxygen atoms in total. The van der Waals surface area contributed by atoms with Crippen LogP contribution < -0.4 is 4.74 Å². The average molecular weight is 289 g/mol. The molecule has 0 amide bonds. The number of ether oxygens (including phenoxy) is 1. The minimum absolute atomic E-state index is 0.000852. The fourth-order valence-electron chi connectivity index (χ4n) is 1.90. The number of nitrogens with zero attached hydrogens (tertiary/aromatic N) is 1. The molecule has 1 saturated carbocycles. The van der Waals surface area contributed by atoms with E-state index in [1.165, 1.54) is 23.5 Å². The van der Waals surface area contributed by atoms with Crippen molar-refractivity contribution in [3.63, 3.8) is 0 Å². The summed E-state index contributed by atoms with van der Waals surface area (Å²) in [6.45, 7) is -0.227. The summed E-state index contributed by atoms with van der Waals surface area (Å²) in [5, 5.41) is 8.96. The van der Waals surface area contributed by atoms with Crippen LogP contribution in [-0.4, -0.2) is 44.1 Å². The largest absolute Gasteiger partial charge is 0.494 e. The second-order valence-corrected chi connectivity index (χ2v) is 6.26. The van der Waals surface area contributed by atoms with Crippen LogP contribution in [0.3, 0.4) is 0 Å². The number of hydrogen-bond acceptors (Lipinski definition) is 4. The predicted molar refractivity (Wildman–Crippen MR) is 67.0 cm³/mol. The normalized spacial score (nSPS) is 15.8. The Hall–Kier alpha value is -1.18. The van der Waals surface area contributed by atoms with E-state index in [1.807, 2.05) is 0 Å². The van der Waals surface area contributed by atoms with Gasteiger partial charge in [-0.25, -0.2) is 12.8 Å². The van der Waals surface area contributed by atoms with E-state index in [0.717, 1.165) is 18.9 Å². The zero-order chi connectivity index (χ0) is 14.0. The molecule has 1 aromatic carbocycles. The standard InChI is InChI=1S/C12H16FNO4S/c1-18-12-5-4-10(8-11(12)13)19(16,17)14(6-7-15)9-2-3-9/h4-5,8-9,15H,2-3,6-7H2,1H3. The van der Waals surface area contributed by atoms with Crippen molar-refractivity contribution >= 4 is 10.0 Å². The monoisotopic (exact) mass is 289 g/mol. The Morgan fingerprint density at radius 2 is 2.16 bits per heavy atom. The molecular weight excluding hydrogens is 273 g/mol. The van der Waals surface area contributed by atoms with Crippen LogP contribution in [0.5, 0.6) is 5.75 Å². The van der Waals surface area contributed by atoms with E-state index in [0.29, 0.717) is 0 Å². The van der Waals surface area contributed by atoms with Crippen LogP contribution in [0, 0.1) is 5.82 Å². The number of methoxy groups -OCH3 is 1. The molecule has 106 valence electrons. The fourth-order valence-corrected chi connectivity index (χ4v) is 3.59. The number of sulfonamides is 1. The summed E-state index contributed by atoms with van der Waals surface area (Å²) in [4.78, 5) is -0.119. The van der Waals surface area contributed by atoms with Gasteiger partial charge in [-0.3, -0.25) is 0 Å². The molecule has 0 heterocycles. The van der Waals surface area contributed by atoms with Crippen molar-refractivity contribution in [3.05, 3.63) is 24.0 Å². The van der Waals surface area contributed by atoms with Gasteiger partial charge in [0.25, 0.3) is 0 Å². The van der Waals surface area contributed by atoms with Crippen molar-refractivity contribution in [1.29, 1.82) is 0 Å². The van der Waals surface area contributed by atoms with Crippen LogP contribution in [0.25, 0.3) is 0 Å². The van der Waals surface area contributed by atoms with Gasteiger partial charge in [0.2, 0.25) is 10.0 Å². The van der Waals surface area contributed by atoms with Crippen LogP contribution in [0.2, 0.25) is 0 Å². The van der Waals surface area contributed by atoms with E-state index in [-0.39, 0.29) is 29.8 Å². The maximum absolute atomic E-state index is 13.6. The molecule has 0 saturated heterocycles. The topological polar surface area (TPSA) is 66.8 Å². The Kier molecular flexibility index (Phi) is 4.07. The quantitative estimate of drug-likeness (QED) is 0.847. The molecule has 0 radical (unpaired) electrons. The summed E-state index contributed by atoms with van der Waals surface area (Å²) in [6.07, 6.45) is 1.55. The molecule has 1 aliphatic carbocycles. The molecule has 1 fully saturated rings. The number of halogens is 1. The summed E-state index contributed by atoms with van der Waals surface area (Å²) in [5.41, 5.74) is 0. The highest BCUT2D eigenvalue weighted by atomic mass is 32.2. The lowest BCUT2D eigenvalue weighted by Crippen LogP contribution is -2.35. The molecule has 7 heteroatoms. The second kappa shape index (κ2) is 5.44.